The van der Waals surface area contributed by atoms with Gasteiger partial charge in [0, 0.05) is 12.6 Å². The number of nitrogens with zero attached hydrogens (tertiary/aromatic N) is 1. The van der Waals surface area contributed by atoms with E-state index in [9.17, 15) is 14.0 Å². The quantitative estimate of drug-likeness (QED) is 0.682. The van der Waals surface area contributed by atoms with E-state index in [4.69, 9.17) is 4.74 Å². The van der Waals surface area contributed by atoms with Crippen LogP contribution in [0.2, 0.25) is 0 Å². The number of ether oxygens (including phenoxy) is 1. The lowest BCUT2D eigenvalue weighted by atomic mass is 9.95. The molecule has 3 rings (SSSR count). The van der Waals surface area contributed by atoms with Gasteiger partial charge in [0.15, 0.2) is 6.61 Å². The van der Waals surface area contributed by atoms with Crippen molar-refractivity contribution in [1.29, 1.82) is 0 Å². The number of carbonyl (C=O) groups excluding carboxylic acids is 2. The summed E-state index contributed by atoms with van der Waals surface area (Å²) in [5.41, 5.74) is 1.85. The molecule has 0 bridgehead atoms. The van der Waals surface area contributed by atoms with Gasteiger partial charge in [-0.3, -0.25) is 9.59 Å². The van der Waals surface area contributed by atoms with Crippen LogP contribution in [0.25, 0.3) is 0 Å². The van der Waals surface area contributed by atoms with Crippen LogP contribution in [0.3, 0.4) is 0 Å². The molecular weight excluding hydrogens is 395 g/mol. The molecule has 0 saturated heterocycles. The van der Waals surface area contributed by atoms with Gasteiger partial charge in [-0.1, -0.05) is 49.1 Å². The Balaban J connectivity index is 1.69. The average molecular weight is 427 g/mol. The van der Waals surface area contributed by atoms with Crippen molar-refractivity contribution >= 4 is 11.8 Å². The molecule has 5 nitrogen and oxygen atoms in total. The van der Waals surface area contributed by atoms with Crippen LogP contribution in [0.5, 0.6) is 5.75 Å². The van der Waals surface area contributed by atoms with Gasteiger partial charge in [-0.05, 0) is 56.5 Å². The second kappa shape index (κ2) is 10.9. The first-order chi connectivity index (χ1) is 14.9. The third-order valence-corrected chi connectivity index (χ3v) is 5.77. The Bertz CT molecular complexity index is 861. The maximum absolute atomic E-state index is 13.3. The molecule has 6 heteroatoms. The van der Waals surface area contributed by atoms with Crippen molar-refractivity contribution in [1.82, 2.24) is 10.2 Å². The third-order valence-electron chi connectivity index (χ3n) is 5.77. The van der Waals surface area contributed by atoms with Crippen LogP contribution in [0.4, 0.5) is 4.39 Å². The number of carbonyl (C=O) groups is 2. The summed E-state index contributed by atoms with van der Waals surface area (Å²) < 4.78 is 19.0. The van der Waals surface area contributed by atoms with Gasteiger partial charge < -0.3 is 15.0 Å². The zero-order valence-electron chi connectivity index (χ0n) is 18.3. The van der Waals surface area contributed by atoms with Gasteiger partial charge in [0.05, 0.1) is 0 Å². The van der Waals surface area contributed by atoms with Crippen LogP contribution in [0, 0.1) is 12.7 Å². The first-order valence-corrected chi connectivity index (χ1v) is 11.0. The van der Waals surface area contributed by atoms with Gasteiger partial charge >= 0.3 is 0 Å². The first kappa shape index (κ1) is 22.8. The highest BCUT2D eigenvalue weighted by Crippen LogP contribution is 2.19. The Kier molecular flexibility index (Phi) is 8.04. The summed E-state index contributed by atoms with van der Waals surface area (Å²) in [5, 5.41) is 3.10. The van der Waals surface area contributed by atoms with E-state index < -0.39 is 6.04 Å². The molecule has 0 heterocycles. The molecule has 0 aliphatic heterocycles. The molecule has 1 saturated carbocycles. The first-order valence-electron chi connectivity index (χ1n) is 11.0. The topological polar surface area (TPSA) is 58.6 Å². The number of nitrogens with one attached hydrogen (secondary N) is 1. The molecule has 1 aliphatic carbocycles. The van der Waals surface area contributed by atoms with Gasteiger partial charge in [-0.2, -0.15) is 0 Å². The minimum Gasteiger partial charge on any atom is -0.484 e. The molecule has 1 aliphatic rings. The van der Waals surface area contributed by atoms with Crippen molar-refractivity contribution in [2.24, 2.45) is 0 Å². The molecule has 0 spiro atoms. The van der Waals surface area contributed by atoms with Gasteiger partial charge in [0.2, 0.25) is 5.91 Å². The van der Waals surface area contributed by atoms with Crippen molar-refractivity contribution in [3.8, 4) is 5.75 Å². The molecule has 166 valence electrons. The second-order valence-corrected chi connectivity index (χ2v) is 8.27. The molecule has 1 fully saturated rings. The van der Waals surface area contributed by atoms with E-state index in [0.717, 1.165) is 36.8 Å². The summed E-state index contributed by atoms with van der Waals surface area (Å²) in [6.07, 6.45) is 5.37. The number of aryl methyl sites for hydroxylation is 1. The summed E-state index contributed by atoms with van der Waals surface area (Å²) >= 11 is 0. The van der Waals surface area contributed by atoms with E-state index in [1.54, 1.807) is 19.1 Å². The molecule has 0 aromatic heterocycles. The number of rotatable bonds is 8. The molecule has 31 heavy (non-hydrogen) atoms. The van der Waals surface area contributed by atoms with Crippen LogP contribution >= 0.6 is 0 Å². The van der Waals surface area contributed by atoms with Crippen molar-refractivity contribution in [2.45, 2.75) is 64.6 Å². The molecule has 2 aromatic carbocycles. The Morgan fingerprint density at radius 3 is 2.35 bits per heavy atom. The SMILES string of the molecule is Cc1ccc(OCC(=O)N(Cc2ccc(F)cc2)[C@@H](C)C(=O)NC2CCCCC2)cc1. The molecule has 0 radical (unpaired) electrons. The molecule has 2 aromatic rings. The van der Waals surface area contributed by atoms with Crippen LogP contribution in [-0.2, 0) is 16.1 Å². The fraction of sp³-hybridized carbons (Fsp3) is 0.440. The lowest BCUT2D eigenvalue weighted by Gasteiger charge is -2.31. The molecule has 2 amide bonds. The van der Waals surface area contributed by atoms with Crippen molar-refractivity contribution < 1.29 is 18.7 Å². The van der Waals surface area contributed by atoms with E-state index in [0.29, 0.717) is 5.75 Å². The molecule has 1 atom stereocenters. The summed E-state index contributed by atoms with van der Waals surface area (Å²) in [6, 6.07) is 12.9. The summed E-state index contributed by atoms with van der Waals surface area (Å²) in [4.78, 5) is 27.4. The lowest BCUT2D eigenvalue weighted by molar-refractivity contribution is -0.142. The number of benzene rings is 2. The molecule has 1 N–H and O–H groups in total. The normalized spacial score (nSPS) is 15.2. The number of hydrogen-bond donors (Lipinski definition) is 1. The maximum Gasteiger partial charge on any atom is 0.261 e. The highest BCUT2D eigenvalue weighted by atomic mass is 19.1. The van der Waals surface area contributed by atoms with Gasteiger partial charge in [0.1, 0.15) is 17.6 Å². The van der Waals surface area contributed by atoms with Crippen LogP contribution in [0.15, 0.2) is 48.5 Å². The molecular formula is C25H31FN2O3. The largest absolute Gasteiger partial charge is 0.484 e. The Hall–Kier alpha value is -2.89. The van der Waals surface area contributed by atoms with Crippen LogP contribution in [0.1, 0.15) is 50.2 Å². The number of halogens is 1. The summed E-state index contributed by atoms with van der Waals surface area (Å²) in [6.45, 7) is 3.73. The zero-order valence-corrected chi connectivity index (χ0v) is 18.3. The van der Waals surface area contributed by atoms with Gasteiger partial charge in [-0.25, -0.2) is 4.39 Å². The second-order valence-electron chi connectivity index (χ2n) is 8.27. The van der Waals surface area contributed by atoms with E-state index in [2.05, 4.69) is 5.32 Å². The average Bonchev–Trinajstić information content (AvgIpc) is 2.78. The predicted octanol–water partition coefficient (Wildman–Crippen LogP) is 4.38. The Labute approximate surface area is 183 Å². The third kappa shape index (κ3) is 6.81. The van der Waals surface area contributed by atoms with Crippen molar-refractivity contribution in [2.75, 3.05) is 6.61 Å². The fourth-order valence-corrected chi connectivity index (χ4v) is 3.80. The molecule has 0 unspecified atom stereocenters. The summed E-state index contributed by atoms with van der Waals surface area (Å²) in [5.74, 6) is -0.207. The monoisotopic (exact) mass is 426 g/mol. The van der Waals surface area contributed by atoms with E-state index >= 15 is 0 Å². The predicted molar refractivity (Wildman–Crippen MR) is 118 cm³/mol. The highest BCUT2D eigenvalue weighted by molar-refractivity contribution is 5.88. The van der Waals surface area contributed by atoms with Crippen molar-refractivity contribution in [3.63, 3.8) is 0 Å². The number of amides is 2. The Morgan fingerprint density at radius 1 is 1.06 bits per heavy atom. The smallest absolute Gasteiger partial charge is 0.261 e. The van der Waals surface area contributed by atoms with E-state index in [1.807, 2.05) is 31.2 Å². The van der Waals surface area contributed by atoms with E-state index in [1.165, 1.54) is 23.5 Å². The van der Waals surface area contributed by atoms with Gasteiger partial charge in [0.25, 0.3) is 5.91 Å². The zero-order chi connectivity index (χ0) is 22.2. The number of hydrogen-bond acceptors (Lipinski definition) is 3. The minimum atomic E-state index is -0.666. The van der Waals surface area contributed by atoms with Crippen LogP contribution in [-0.4, -0.2) is 35.4 Å². The van der Waals surface area contributed by atoms with E-state index in [-0.39, 0.29) is 36.8 Å². The van der Waals surface area contributed by atoms with Crippen molar-refractivity contribution in [3.05, 3.63) is 65.5 Å². The van der Waals surface area contributed by atoms with Crippen LogP contribution < -0.4 is 10.1 Å². The standard InChI is InChI=1S/C25H31FN2O3/c1-18-8-14-23(15-9-18)31-17-24(29)28(16-20-10-12-21(26)13-11-20)19(2)25(30)27-22-6-4-3-5-7-22/h8-15,19,22H,3-7,16-17H2,1-2H3,(H,27,30)/t19-/m0/s1. The van der Waals surface area contributed by atoms with Gasteiger partial charge in [-0.15, -0.1) is 0 Å². The Morgan fingerprint density at radius 2 is 1.71 bits per heavy atom. The summed E-state index contributed by atoms with van der Waals surface area (Å²) in [7, 11) is 0. The maximum atomic E-state index is 13.3. The lowest BCUT2D eigenvalue weighted by Crippen LogP contribution is -2.51. The fourth-order valence-electron chi connectivity index (χ4n) is 3.80. The highest BCUT2D eigenvalue weighted by Gasteiger charge is 2.28. The minimum absolute atomic E-state index is 0.162.